The van der Waals surface area contributed by atoms with Crippen LogP contribution >= 0.6 is 0 Å². The molecule has 0 aromatic heterocycles. The topological polar surface area (TPSA) is 15.3 Å². The van der Waals surface area contributed by atoms with Crippen molar-refractivity contribution in [3.8, 4) is 0 Å². The van der Waals surface area contributed by atoms with Crippen molar-refractivity contribution in [3.63, 3.8) is 0 Å². The van der Waals surface area contributed by atoms with E-state index in [1.54, 1.807) is 0 Å². The van der Waals surface area contributed by atoms with Crippen LogP contribution in [-0.4, -0.2) is 35.1 Å². The number of nitrogens with one attached hydrogen (secondary N) is 1. The molecular weight excluding hydrogens is 232 g/mol. The highest BCUT2D eigenvalue weighted by atomic mass is 15.3. The molecule has 19 heavy (non-hydrogen) atoms. The average Bonchev–Trinajstić information content (AvgIpc) is 2.44. The first kappa shape index (κ1) is 13.9. The largest absolute Gasteiger partial charge is 0.308 e. The predicted octanol–water partition coefficient (Wildman–Crippen LogP) is 3.71. The van der Waals surface area contributed by atoms with Crippen molar-refractivity contribution in [2.75, 3.05) is 13.1 Å². The zero-order valence-corrected chi connectivity index (χ0v) is 13.0. The fourth-order valence-corrected chi connectivity index (χ4v) is 4.97. The lowest BCUT2D eigenvalue weighted by Crippen LogP contribution is -2.72. The summed E-state index contributed by atoms with van der Waals surface area (Å²) < 4.78 is 0. The van der Waals surface area contributed by atoms with Gasteiger partial charge in [0.15, 0.2) is 0 Å². The summed E-state index contributed by atoms with van der Waals surface area (Å²) in [5.74, 6) is 0. The summed E-state index contributed by atoms with van der Waals surface area (Å²) in [5, 5.41) is 4.04. The number of hydrogen-bond donors (Lipinski definition) is 1. The predicted molar refractivity (Wildman–Crippen MR) is 81.5 cm³/mol. The second-order valence-electron chi connectivity index (χ2n) is 7.70. The molecule has 2 spiro atoms. The third-order valence-electron chi connectivity index (χ3n) is 6.09. The Bertz CT molecular complexity index is 298. The van der Waals surface area contributed by atoms with E-state index in [9.17, 15) is 0 Å². The Morgan fingerprint density at radius 1 is 0.842 bits per heavy atom. The van der Waals surface area contributed by atoms with Crippen LogP contribution in [0.2, 0.25) is 0 Å². The minimum absolute atomic E-state index is 0.464. The second-order valence-corrected chi connectivity index (χ2v) is 7.70. The van der Waals surface area contributed by atoms with Gasteiger partial charge in [0.2, 0.25) is 0 Å². The molecule has 0 amide bonds. The minimum atomic E-state index is 0.464. The average molecular weight is 264 g/mol. The third kappa shape index (κ3) is 2.58. The monoisotopic (exact) mass is 264 g/mol. The molecule has 2 nitrogen and oxygen atoms in total. The lowest BCUT2D eigenvalue weighted by molar-refractivity contribution is -0.0484. The summed E-state index contributed by atoms with van der Waals surface area (Å²) in [6.45, 7) is 7.40. The maximum Gasteiger partial charge on any atom is 0.0337 e. The zero-order chi connectivity index (χ0) is 13.3. The molecular formula is C17H32N2. The van der Waals surface area contributed by atoms with Gasteiger partial charge in [-0.15, -0.1) is 0 Å². The fraction of sp³-hybridized carbons (Fsp3) is 1.00. The van der Waals surface area contributed by atoms with E-state index in [-0.39, 0.29) is 0 Å². The first-order valence-corrected chi connectivity index (χ1v) is 8.68. The molecule has 3 fully saturated rings. The van der Waals surface area contributed by atoms with Gasteiger partial charge in [0, 0.05) is 30.2 Å². The van der Waals surface area contributed by atoms with Gasteiger partial charge in [-0.1, -0.05) is 38.5 Å². The van der Waals surface area contributed by atoms with Crippen molar-refractivity contribution in [2.24, 2.45) is 0 Å². The number of hydrogen-bond acceptors (Lipinski definition) is 2. The van der Waals surface area contributed by atoms with Crippen LogP contribution in [0, 0.1) is 0 Å². The normalized spacial score (nSPS) is 31.1. The Labute approximate surface area is 119 Å². The van der Waals surface area contributed by atoms with Crippen LogP contribution in [-0.2, 0) is 0 Å². The molecule has 1 aliphatic heterocycles. The van der Waals surface area contributed by atoms with E-state index >= 15 is 0 Å². The van der Waals surface area contributed by atoms with Crippen LogP contribution in [0.3, 0.4) is 0 Å². The Morgan fingerprint density at radius 3 is 2.00 bits per heavy atom. The van der Waals surface area contributed by atoms with Crippen LogP contribution < -0.4 is 5.32 Å². The molecule has 110 valence electrons. The summed E-state index contributed by atoms with van der Waals surface area (Å²) in [4.78, 5) is 2.90. The van der Waals surface area contributed by atoms with Gasteiger partial charge >= 0.3 is 0 Å². The molecule has 0 radical (unpaired) electrons. The minimum Gasteiger partial charge on any atom is -0.308 e. The summed E-state index contributed by atoms with van der Waals surface area (Å²) in [6.07, 6.45) is 14.3. The van der Waals surface area contributed by atoms with Gasteiger partial charge in [-0.2, -0.15) is 0 Å². The third-order valence-corrected chi connectivity index (χ3v) is 6.09. The van der Waals surface area contributed by atoms with E-state index < -0.39 is 0 Å². The smallest absolute Gasteiger partial charge is 0.0337 e. The molecule has 2 saturated carbocycles. The SMILES string of the molecule is CC(C)N1CC2(CCCCC2)NCC12CCCCC2. The Morgan fingerprint density at radius 2 is 1.42 bits per heavy atom. The van der Waals surface area contributed by atoms with E-state index in [4.69, 9.17) is 0 Å². The molecule has 0 unspecified atom stereocenters. The van der Waals surface area contributed by atoms with Crippen molar-refractivity contribution in [2.45, 2.75) is 95.2 Å². The van der Waals surface area contributed by atoms with Crippen LogP contribution in [0.4, 0.5) is 0 Å². The molecule has 0 aromatic rings. The van der Waals surface area contributed by atoms with Gasteiger partial charge in [0.1, 0.15) is 0 Å². The van der Waals surface area contributed by atoms with Gasteiger partial charge < -0.3 is 5.32 Å². The van der Waals surface area contributed by atoms with Gasteiger partial charge in [-0.05, 0) is 39.5 Å². The number of nitrogens with zero attached hydrogens (tertiary/aromatic N) is 1. The number of piperazine rings is 1. The molecule has 3 aliphatic rings. The van der Waals surface area contributed by atoms with Crippen molar-refractivity contribution in [1.82, 2.24) is 10.2 Å². The lowest BCUT2D eigenvalue weighted by Gasteiger charge is -2.58. The zero-order valence-electron chi connectivity index (χ0n) is 13.0. The molecule has 0 atom stereocenters. The van der Waals surface area contributed by atoms with Crippen LogP contribution in [0.5, 0.6) is 0 Å². The number of rotatable bonds is 1. The maximum absolute atomic E-state index is 4.04. The van der Waals surface area contributed by atoms with E-state index in [1.165, 1.54) is 77.3 Å². The summed E-state index contributed by atoms with van der Waals surface area (Å²) in [6, 6.07) is 0.707. The van der Waals surface area contributed by atoms with Crippen molar-refractivity contribution in [1.29, 1.82) is 0 Å². The Hall–Kier alpha value is -0.0800. The molecule has 2 aliphatic carbocycles. The quantitative estimate of drug-likeness (QED) is 0.777. The summed E-state index contributed by atoms with van der Waals surface area (Å²) in [7, 11) is 0. The van der Waals surface area contributed by atoms with Gasteiger partial charge in [0.05, 0.1) is 0 Å². The van der Waals surface area contributed by atoms with Crippen molar-refractivity contribution in [3.05, 3.63) is 0 Å². The Balaban J connectivity index is 1.78. The highest BCUT2D eigenvalue weighted by molar-refractivity contribution is 5.07. The van der Waals surface area contributed by atoms with Crippen LogP contribution in [0.15, 0.2) is 0 Å². The van der Waals surface area contributed by atoms with Crippen LogP contribution in [0.25, 0.3) is 0 Å². The molecule has 0 aromatic carbocycles. The first-order chi connectivity index (χ1) is 9.16. The summed E-state index contributed by atoms with van der Waals surface area (Å²) in [5.41, 5.74) is 0.959. The lowest BCUT2D eigenvalue weighted by atomic mass is 9.72. The summed E-state index contributed by atoms with van der Waals surface area (Å²) >= 11 is 0. The Kier molecular flexibility index (Phi) is 3.92. The molecule has 1 heterocycles. The highest BCUT2D eigenvalue weighted by Gasteiger charge is 2.48. The molecule has 2 heteroatoms. The highest BCUT2D eigenvalue weighted by Crippen LogP contribution is 2.41. The van der Waals surface area contributed by atoms with Gasteiger partial charge in [0.25, 0.3) is 0 Å². The van der Waals surface area contributed by atoms with Gasteiger partial charge in [-0.25, -0.2) is 0 Å². The second kappa shape index (κ2) is 5.37. The molecule has 1 N–H and O–H groups in total. The van der Waals surface area contributed by atoms with Gasteiger partial charge in [-0.3, -0.25) is 4.90 Å². The van der Waals surface area contributed by atoms with E-state index in [0.29, 0.717) is 17.1 Å². The van der Waals surface area contributed by atoms with E-state index in [1.807, 2.05) is 0 Å². The maximum atomic E-state index is 4.04. The van der Waals surface area contributed by atoms with E-state index in [0.717, 1.165) is 0 Å². The van der Waals surface area contributed by atoms with Crippen molar-refractivity contribution >= 4 is 0 Å². The standard InChI is InChI=1S/C17H32N2/c1-15(2)19-14-16(9-5-3-6-10-16)18-13-17(19)11-7-4-8-12-17/h15,18H,3-14H2,1-2H3. The molecule has 0 bridgehead atoms. The van der Waals surface area contributed by atoms with E-state index in [2.05, 4.69) is 24.1 Å². The molecule has 3 rings (SSSR count). The van der Waals surface area contributed by atoms with Crippen LogP contribution in [0.1, 0.15) is 78.1 Å². The molecule has 1 saturated heterocycles. The van der Waals surface area contributed by atoms with Crippen molar-refractivity contribution < 1.29 is 0 Å². The fourth-order valence-electron chi connectivity index (χ4n) is 4.97. The first-order valence-electron chi connectivity index (χ1n) is 8.68.